The molecule has 8 nitrogen and oxygen atoms in total. The Kier molecular flexibility index (Phi) is 6.24. The van der Waals surface area contributed by atoms with Gasteiger partial charge >= 0.3 is 0 Å². The molecule has 0 aliphatic carbocycles. The van der Waals surface area contributed by atoms with Crippen LogP contribution >= 0.6 is 11.8 Å². The first-order valence-corrected chi connectivity index (χ1v) is 11.9. The number of benzene rings is 2. The lowest BCUT2D eigenvalue weighted by Crippen LogP contribution is -2.44. The van der Waals surface area contributed by atoms with Gasteiger partial charge in [0.2, 0.25) is 5.91 Å². The molecule has 0 aromatic heterocycles. The molecule has 1 saturated heterocycles. The highest BCUT2D eigenvalue weighted by Crippen LogP contribution is 2.41. The molecule has 2 aromatic carbocycles. The van der Waals surface area contributed by atoms with Crippen LogP contribution in [0.2, 0.25) is 0 Å². The normalized spacial score (nSPS) is 23.4. The predicted molar refractivity (Wildman–Crippen MR) is 129 cm³/mol. The van der Waals surface area contributed by atoms with Crippen LogP contribution < -0.4 is 14.8 Å². The van der Waals surface area contributed by atoms with Gasteiger partial charge in [0.25, 0.3) is 5.24 Å². The van der Waals surface area contributed by atoms with E-state index in [2.05, 4.69) is 10.5 Å². The fraction of sp³-hybridized carbons (Fsp3) is 0.400. The molecule has 2 aromatic rings. The Labute approximate surface area is 202 Å². The molecule has 2 atom stereocenters. The Morgan fingerprint density at radius 1 is 1.24 bits per heavy atom. The summed E-state index contributed by atoms with van der Waals surface area (Å²) >= 11 is 1.01. The molecule has 4 rings (SSSR count). The van der Waals surface area contributed by atoms with Crippen LogP contribution in [0.1, 0.15) is 50.8 Å². The summed E-state index contributed by atoms with van der Waals surface area (Å²) in [6.07, 6.45) is 0.754. The molecule has 34 heavy (non-hydrogen) atoms. The number of phenols is 1. The number of rotatable bonds is 5. The summed E-state index contributed by atoms with van der Waals surface area (Å²) in [6, 6.07) is 10.7. The minimum absolute atomic E-state index is 0.133. The largest absolute Gasteiger partial charge is 0.508 e. The zero-order valence-electron chi connectivity index (χ0n) is 19.5. The zero-order chi connectivity index (χ0) is 24.7. The molecule has 2 amide bonds. The van der Waals surface area contributed by atoms with E-state index in [1.54, 1.807) is 12.1 Å². The second kappa shape index (κ2) is 8.87. The number of oxime groups is 1. The van der Waals surface area contributed by atoms with Gasteiger partial charge in [-0.1, -0.05) is 49.8 Å². The third-order valence-electron chi connectivity index (χ3n) is 5.89. The van der Waals surface area contributed by atoms with Gasteiger partial charge in [-0.3, -0.25) is 14.9 Å². The minimum atomic E-state index is -0.793. The van der Waals surface area contributed by atoms with Crippen molar-refractivity contribution in [1.29, 1.82) is 0 Å². The van der Waals surface area contributed by atoms with E-state index in [4.69, 9.17) is 9.47 Å². The van der Waals surface area contributed by atoms with Crippen molar-refractivity contribution in [3.63, 3.8) is 0 Å². The molecule has 0 bridgehead atoms. The average molecular weight is 485 g/mol. The summed E-state index contributed by atoms with van der Waals surface area (Å²) in [5.74, 6) is 1.03. The Balaban J connectivity index is 1.46. The zero-order valence-corrected chi connectivity index (χ0v) is 20.4. The van der Waals surface area contributed by atoms with E-state index in [1.165, 1.54) is 0 Å². The van der Waals surface area contributed by atoms with Gasteiger partial charge in [-0.25, -0.2) is 0 Å². The number of nitrogens with zero attached hydrogens (tertiary/aromatic N) is 1. The second-order valence-electron chi connectivity index (χ2n) is 9.91. The van der Waals surface area contributed by atoms with Crippen molar-refractivity contribution in [2.24, 2.45) is 5.16 Å². The lowest BCUT2D eigenvalue weighted by molar-refractivity contribution is -0.118. The molecule has 2 unspecified atom stereocenters. The van der Waals surface area contributed by atoms with Crippen LogP contribution in [-0.2, 0) is 16.6 Å². The fourth-order valence-electron chi connectivity index (χ4n) is 4.10. The number of aromatic hydroxyl groups is 1. The third-order valence-corrected chi connectivity index (χ3v) is 6.87. The number of nitrogens with one attached hydrogen (secondary N) is 1. The van der Waals surface area contributed by atoms with Crippen molar-refractivity contribution in [3.8, 4) is 17.2 Å². The van der Waals surface area contributed by atoms with Crippen molar-refractivity contribution in [3.05, 3.63) is 53.1 Å². The van der Waals surface area contributed by atoms with Crippen LogP contribution in [-0.4, -0.2) is 44.6 Å². The number of imide groups is 1. The van der Waals surface area contributed by atoms with E-state index in [1.807, 2.05) is 52.0 Å². The van der Waals surface area contributed by atoms with Crippen LogP contribution in [0.3, 0.4) is 0 Å². The maximum atomic E-state index is 11.8. The second-order valence-corrected chi connectivity index (χ2v) is 11.1. The SMILES string of the molecule is CC1(COc2ccc(CC3SC(=O)NC3=O)cc2)CC(=NO)c2cc(O)c(C(C)(C)C)cc2O1. The summed E-state index contributed by atoms with van der Waals surface area (Å²) in [4.78, 5) is 23.1. The van der Waals surface area contributed by atoms with E-state index in [0.29, 0.717) is 35.6 Å². The van der Waals surface area contributed by atoms with Crippen LogP contribution in [0.5, 0.6) is 17.2 Å². The summed E-state index contributed by atoms with van der Waals surface area (Å²) < 4.78 is 12.3. The molecule has 180 valence electrons. The van der Waals surface area contributed by atoms with Crippen LogP contribution in [0.15, 0.2) is 41.6 Å². The quantitative estimate of drug-likeness (QED) is 0.426. The van der Waals surface area contributed by atoms with E-state index in [-0.39, 0.29) is 28.9 Å². The number of hydrogen-bond acceptors (Lipinski definition) is 8. The lowest BCUT2D eigenvalue weighted by Gasteiger charge is -2.36. The molecule has 0 spiro atoms. The summed E-state index contributed by atoms with van der Waals surface area (Å²) in [5, 5.41) is 25.1. The van der Waals surface area contributed by atoms with Gasteiger partial charge in [0.05, 0.1) is 11.0 Å². The molecule has 3 N–H and O–H groups in total. The monoisotopic (exact) mass is 484 g/mol. The van der Waals surface area contributed by atoms with Crippen LogP contribution in [0.4, 0.5) is 4.79 Å². The van der Waals surface area contributed by atoms with Gasteiger partial charge in [-0.05, 0) is 48.6 Å². The number of fused-ring (bicyclic) bond motifs is 1. The van der Waals surface area contributed by atoms with Gasteiger partial charge in [0.15, 0.2) is 0 Å². The highest BCUT2D eigenvalue weighted by molar-refractivity contribution is 8.15. The van der Waals surface area contributed by atoms with E-state index in [0.717, 1.165) is 22.9 Å². The number of carbonyl (C=O) groups excluding carboxylic acids is 2. The molecule has 9 heteroatoms. The topological polar surface area (TPSA) is 117 Å². The van der Waals surface area contributed by atoms with Gasteiger partial charge in [-0.15, -0.1) is 0 Å². The third kappa shape index (κ3) is 4.99. The first-order chi connectivity index (χ1) is 16.0. The average Bonchev–Trinajstić information content (AvgIpc) is 3.08. The van der Waals surface area contributed by atoms with E-state index < -0.39 is 10.9 Å². The Morgan fingerprint density at radius 3 is 2.53 bits per heavy atom. The van der Waals surface area contributed by atoms with Gasteiger partial charge < -0.3 is 19.8 Å². The molecule has 2 aliphatic rings. The van der Waals surface area contributed by atoms with Gasteiger partial charge in [-0.2, -0.15) is 0 Å². The highest BCUT2D eigenvalue weighted by atomic mass is 32.2. The number of hydrogen-bond donors (Lipinski definition) is 3. The fourth-order valence-corrected chi connectivity index (χ4v) is 4.96. The van der Waals surface area contributed by atoms with Crippen molar-refractivity contribution in [2.45, 2.75) is 56.8 Å². The Hall–Kier alpha value is -3.20. The first-order valence-electron chi connectivity index (χ1n) is 11.0. The van der Waals surface area contributed by atoms with Crippen molar-refractivity contribution in [2.75, 3.05) is 6.61 Å². The number of thioether (sulfide) groups is 1. The van der Waals surface area contributed by atoms with Crippen LogP contribution in [0.25, 0.3) is 0 Å². The first kappa shape index (κ1) is 23.9. The Morgan fingerprint density at radius 2 is 1.94 bits per heavy atom. The predicted octanol–water partition coefficient (Wildman–Crippen LogP) is 4.38. The lowest BCUT2D eigenvalue weighted by atomic mass is 9.83. The van der Waals surface area contributed by atoms with Crippen LogP contribution in [0, 0.1) is 0 Å². The number of amides is 2. The van der Waals surface area contributed by atoms with E-state index in [9.17, 15) is 19.9 Å². The van der Waals surface area contributed by atoms with Crippen molar-refractivity contribution >= 4 is 28.6 Å². The maximum absolute atomic E-state index is 11.8. The number of ether oxygens (including phenoxy) is 2. The van der Waals surface area contributed by atoms with Crippen molar-refractivity contribution in [1.82, 2.24) is 5.32 Å². The molecule has 1 fully saturated rings. The molecular formula is C25H28N2O6S. The summed E-state index contributed by atoms with van der Waals surface area (Å²) in [5.41, 5.74) is 1.55. The molecular weight excluding hydrogens is 456 g/mol. The smallest absolute Gasteiger partial charge is 0.286 e. The summed E-state index contributed by atoms with van der Waals surface area (Å²) in [7, 11) is 0. The number of carbonyl (C=O) groups is 2. The minimum Gasteiger partial charge on any atom is -0.508 e. The molecule has 2 aliphatic heterocycles. The maximum Gasteiger partial charge on any atom is 0.286 e. The molecule has 0 radical (unpaired) electrons. The molecule has 0 saturated carbocycles. The number of phenolic OH excluding ortho intramolecular Hbond substituents is 1. The van der Waals surface area contributed by atoms with Gasteiger partial charge in [0, 0.05) is 17.5 Å². The van der Waals surface area contributed by atoms with Gasteiger partial charge in [0.1, 0.15) is 29.5 Å². The summed E-state index contributed by atoms with van der Waals surface area (Å²) in [6.45, 7) is 8.08. The molecule has 2 heterocycles. The van der Waals surface area contributed by atoms with E-state index >= 15 is 0 Å². The van der Waals surface area contributed by atoms with Crippen molar-refractivity contribution < 1.29 is 29.4 Å². The standard InChI is InChI=1S/C25H28N2O6S/c1-24(2,3)17-11-20-16(10-19(17)28)18(27-31)12-25(4,33-20)13-32-15-7-5-14(6-8-15)9-21-22(29)26-23(30)34-21/h5-8,10-11,21,28,31H,9,12-13H2,1-4H3,(H,26,29,30). The Bertz CT molecular complexity index is 1160. The highest BCUT2D eigenvalue weighted by Gasteiger charge is 2.38.